The lowest BCUT2D eigenvalue weighted by Crippen LogP contribution is -2.15. The van der Waals surface area contributed by atoms with E-state index < -0.39 is 0 Å². The van der Waals surface area contributed by atoms with E-state index in [4.69, 9.17) is 21.1 Å². The Morgan fingerprint density at radius 3 is 2.81 bits per heavy atom. The van der Waals surface area contributed by atoms with Crippen molar-refractivity contribution in [2.45, 2.75) is 0 Å². The van der Waals surface area contributed by atoms with E-state index in [2.05, 4.69) is 14.7 Å². The fraction of sp³-hybridized carbons (Fsp3) is 0.100. The summed E-state index contributed by atoms with van der Waals surface area (Å²) in [5.74, 6) is 2.20. The molecule has 0 saturated heterocycles. The molecule has 134 valence electrons. The predicted molar refractivity (Wildman–Crippen MR) is 109 cm³/mol. The summed E-state index contributed by atoms with van der Waals surface area (Å²) in [6.07, 6.45) is 1.76. The summed E-state index contributed by atoms with van der Waals surface area (Å²) in [5.41, 5.74) is 3.49. The van der Waals surface area contributed by atoms with E-state index >= 15 is 0 Å². The van der Waals surface area contributed by atoms with Crippen molar-refractivity contribution in [3.8, 4) is 22.6 Å². The van der Waals surface area contributed by atoms with Gasteiger partial charge in [0.05, 0.1) is 15.4 Å². The molecule has 1 aliphatic heterocycles. The van der Waals surface area contributed by atoms with E-state index in [9.17, 15) is 0 Å². The summed E-state index contributed by atoms with van der Waals surface area (Å²) in [4.78, 5) is 4.41. The normalized spacial score (nSPS) is 12.9. The molecule has 0 amide bonds. The van der Waals surface area contributed by atoms with Gasteiger partial charge in [0.25, 0.3) is 0 Å². The number of halogens is 1. The fourth-order valence-corrected chi connectivity index (χ4v) is 4.03. The highest BCUT2D eigenvalue weighted by Crippen LogP contribution is 2.40. The van der Waals surface area contributed by atoms with Crippen molar-refractivity contribution in [3.05, 3.63) is 59.8 Å². The lowest BCUT2D eigenvalue weighted by molar-refractivity contribution is 0.171. The first-order valence-corrected chi connectivity index (χ1v) is 9.61. The summed E-state index contributed by atoms with van der Waals surface area (Å²) in [5, 5.41) is 3.93. The Morgan fingerprint density at radius 1 is 1.00 bits per heavy atom. The lowest BCUT2D eigenvalue weighted by atomic mass is 10.0. The number of rotatable bonds is 3. The summed E-state index contributed by atoms with van der Waals surface area (Å²) in [7, 11) is 0. The smallest absolute Gasteiger partial charge is 0.170 e. The molecule has 0 spiro atoms. The second-order valence-electron chi connectivity index (χ2n) is 6.03. The Hall–Kier alpha value is -2.83. The highest BCUT2D eigenvalue weighted by Gasteiger charge is 2.16. The average Bonchev–Trinajstić information content (AvgIpc) is 3.12. The van der Waals surface area contributed by atoms with Crippen LogP contribution < -0.4 is 14.8 Å². The van der Waals surface area contributed by atoms with Crippen molar-refractivity contribution in [2.24, 2.45) is 0 Å². The molecule has 5 rings (SSSR count). The third-order valence-corrected chi connectivity index (χ3v) is 5.54. The topological polar surface area (TPSA) is 56.3 Å². The summed E-state index contributed by atoms with van der Waals surface area (Å²) < 4.78 is 16.8. The van der Waals surface area contributed by atoms with Gasteiger partial charge in [0.15, 0.2) is 17.3 Å². The third-order valence-electron chi connectivity index (χ3n) is 4.34. The zero-order valence-electron chi connectivity index (χ0n) is 14.1. The third kappa shape index (κ3) is 2.97. The van der Waals surface area contributed by atoms with E-state index in [1.807, 2.05) is 48.5 Å². The molecule has 0 atom stereocenters. The number of pyridine rings is 1. The molecule has 2 aromatic carbocycles. The standard InChI is InChI=1S/C20H14ClN3O2S/c21-18-13(12-6-7-15-16(11-12)26-10-9-25-15)3-1-4-14(18)23-20-19-17(27-24-20)5-2-8-22-19/h1-8,11H,9-10H2,(H,23,24). The minimum Gasteiger partial charge on any atom is -0.486 e. The Morgan fingerprint density at radius 2 is 1.89 bits per heavy atom. The van der Waals surface area contributed by atoms with Gasteiger partial charge < -0.3 is 14.8 Å². The van der Waals surface area contributed by atoms with Crippen LogP contribution in [0, 0.1) is 0 Å². The van der Waals surface area contributed by atoms with Crippen LogP contribution in [-0.2, 0) is 0 Å². The molecular formula is C20H14ClN3O2S. The maximum absolute atomic E-state index is 6.72. The number of nitrogens with zero attached hydrogens (tertiary/aromatic N) is 2. The monoisotopic (exact) mass is 395 g/mol. The molecule has 0 bridgehead atoms. The lowest BCUT2D eigenvalue weighted by Gasteiger charge is -2.19. The number of benzene rings is 2. The van der Waals surface area contributed by atoms with Crippen LogP contribution in [0.1, 0.15) is 0 Å². The first-order chi connectivity index (χ1) is 13.3. The van der Waals surface area contributed by atoms with Gasteiger partial charge in [0, 0.05) is 11.8 Å². The molecule has 7 heteroatoms. The van der Waals surface area contributed by atoms with E-state index in [1.54, 1.807) is 6.20 Å². The van der Waals surface area contributed by atoms with Crippen LogP contribution in [0.25, 0.3) is 21.3 Å². The van der Waals surface area contributed by atoms with Crippen molar-refractivity contribution in [1.29, 1.82) is 0 Å². The quantitative estimate of drug-likeness (QED) is 0.494. The maximum Gasteiger partial charge on any atom is 0.170 e. The molecule has 0 unspecified atom stereocenters. The molecule has 27 heavy (non-hydrogen) atoms. The second kappa shape index (κ2) is 6.72. The Labute approximate surface area is 164 Å². The van der Waals surface area contributed by atoms with Crippen LogP contribution in [0.3, 0.4) is 0 Å². The van der Waals surface area contributed by atoms with Crippen molar-refractivity contribution in [3.63, 3.8) is 0 Å². The van der Waals surface area contributed by atoms with Gasteiger partial charge in [-0.15, -0.1) is 0 Å². The zero-order valence-corrected chi connectivity index (χ0v) is 15.7. The first kappa shape index (κ1) is 16.4. The Balaban J connectivity index is 1.53. The molecule has 1 N–H and O–H groups in total. The largest absolute Gasteiger partial charge is 0.486 e. The van der Waals surface area contributed by atoms with Crippen LogP contribution in [0.2, 0.25) is 5.02 Å². The fourth-order valence-electron chi connectivity index (χ4n) is 3.05. The molecule has 0 fully saturated rings. The van der Waals surface area contributed by atoms with Crippen LogP contribution in [0.15, 0.2) is 54.7 Å². The van der Waals surface area contributed by atoms with Crippen LogP contribution in [0.4, 0.5) is 11.5 Å². The minimum absolute atomic E-state index is 0.551. The van der Waals surface area contributed by atoms with Crippen LogP contribution in [0.5, 0.6) is 11.5 Å². The number of hydrogen-bond acceptors (Lipinski definition) is 6. The molecule has 0 aliphatic carbocycles. The van der Waals surface area contributed by atoms with Crippen LogP contribution in [-0.4, -0.2) is 22.6 Å². The molecule has 1 aliphatic rings. The zero-order chi connectivity index (χ0) is 18.2. The number of anilines is 2. The van der Waals surface area contributed by atoms with E-state index in [1.165, 1.54) is 11.5 Å². The highest BCUT2D eigenvalue weighted by atomic mass is 35.5. The summed E-state index contributed by atoms with van der Waals surface area (Å²) in [6, 6.07) is 15.6. The van der Waals surface area contributed by atoms with Gasteiger partial charge in [-0.05, 0) is 47.4 Å². The maximum atomic E-state index is 6.72. The van der Waals surface area contributed by atoms with E-state index in [0.29, 0.717) is 24.1 Å². The van der Waals surface area contributed by atoms with Gasteiger partial charge in [0.2, 0.25) is 0 Å². The van der Waals surface area contributed by atoms with Gasteiger partial charge in [-0.2, -0.15) is 4.37 Å². The molecular weight excluding hydrogens is 382 g/mol. The number of ether oxygens (including phenoxy) is 2. The Kier molecular flexibility index (Phi) is 4.07. The van der Waals surface area contributed by atoms with Crippen molar-refractivity contribution in [1.82, 2.24) is 9.36 Å². The minimum atomic E-state index is 0.551. The first-order valence-electron chi connectivity index (χ1n) is 8.45. The molecule has 3 heterocycles. The second-order valence-corrected chi connectivity index (χ2v) is 7.21. The number of hydrogen-bond donors (Lipinski definition) is 1. The molecule has 2 aromatic heterocycles. The average molecular weight is 396 g/mol. The number of nitrogens with one attached hydrogen (secondary N) is 1. The van der Waals surface area contributed by atoms with E-state index in [-0.39, 0.29) is 0 Å². The van der Waals surface area contributed by atoms with Gasteiger partial charge in [-0.3, -0.25) is 4.98 Å². The van der Waals surface area contributed by atoms with Crippen molar-refractivity contribution >= 4 is 44.9 Å². The predicted octanol–water partition coefficient (Wildman–Crippen LogP) is 5.53. The van der Waals surface area contributed by atoms with Gasteiger partial charge in [-0.1, -0.05) is 29.8 Å². The summed E-state index contributed by atoms with van der Waals surface area (Å²) >= 11 is 8.12. The molecule has 4 aromatic rings. The van der Waals surface area contributed by atoms with Crippen molar-refractivity contribution < 1.29 is 9.47 Å². The highest BCUT2D eigenvalue weighted by molar-refractivity contribution is 7.13. The number of aromatic nitrogens is 2. The van der Waals surface area contributed by atoms with Crippen LogP contribution >= 0.6 is 23.1 Å². The van der Waals surface area contributed by atoms with Gasteiger partial charge >= 0.3 is 0 Å². The molecule has 0 saturated carbocycles. The molecule has 0 radical (unpaired) electrons. The van der Waals surface area contributed by atoms with E-state index in [0.717, 1.165) is 38.5 Å². The summed E-state index contributed by atoms with van der Waals surface area (Å²) in [6.45, 7) is 1.12. The number of fused-ring (bicyclic) bond motifs is 2. The van der Waals surface area contributed by atoms with Crippen molar-refractivity contribution in [2.75, 3.05) is 18.5 Å². The molecule has 5 nitrogen and oxygen atoms in total. The van der Waals surface area contributed by atoms with Gasteiger partial charge in [-0.25, -0.2) is 0 Å². The van der Waals surface area contributed by atoms with Gasteiger partial charge in [0.1, 0.15) is 18.7 Å². The SMILES string of the molecule is Clc1c(Nc2nsc3cccnc23)cccc1-c1ccc2c(c1)OCCO2. The Bertz CT molecular complexity index is 1150.